The third-order valence-electron chi connectivity index (χ3n) is 2.86. The Morgan fingerprint density at radius 2 is 2.00 bits per heavy atom. The van der Waals surface area contributed by atoms with Gasteiger partial charge in [0, 0.05) is 6.54 Å². The Morgan fingerprint density at radius 3 is 2.41 bits per heavy atom. The molecule has 0 unspecified atom stereocenters. The molecule has 0 aliphatic heterocycles. The summed E-state index contributed by atoms with van der Waals surface area (Å²) in [6.07, 6.45) is 2.77. The largest absolute Gasteiger partial charge is 0.480 e. The van der Waals surface area contributed by atoms with Gasteiger partial charge in [-0.05, 0) is 31.1 Å². The number of hydrogen-bond acceptors (Lipinski definition) is 3. The van der Waals surface area contributed by atoms with E-state index in [0.717, 1.165) is 12.8 Å². The molecule has 0 heterocycles. The second-order valence-corrected chi connectivity index (χ2v) is 5.29. The summed E-state index contributed by atoms with van der Waals surface area (Å²) in [6, 6.07) is -0.576. The van der Waals surface area contributed by atoms with Crippen LogP contribution < -0.4 is 5.73 Å². The van der Waals surface area contributed by atoms with Crippen LogP contribution in [0, 0.1) is 11.8 Å². The Bertz CT molecular complexity index is 287. The van der Waals surface area contributed by atoms with Crippen LogP contribution in [0.15, 0.2) is 0 Å². The van der Waals surface area contributed by atoms with Gasteiger partial charge in [-0.1, -0.05) is 13.8 Å². The fraction of sp³-hybridized carbons (Fsp3) is 0.833. The van der Waals surface area contributed by atoms with Crippen molar-refractivity contribution in [2.24, 2.45) is 17.6 Å². The lowest BCUT2D eigenvalue weighted by Gasteiger charge is -2.24. The predicted molar refractivity (Wildman–Crippen MR) is 64.4 cm³/mol. The van der Waals surface area contributed by atoms with Gasteiger partial charge in [0.2, 0.25) is 5.91 Å². The number of aliphatic carboxylic acids is 1. The molecule has 5 nitrogen and oxygen atoms in total. The lowest BCUT2D eigenvalue weighted by Crippen LogP contribution is -2.47. The number of nitrogens with two attached hydrogens (primary N) is 1. The van der Waals surface area contributed by atoms with Crippen molar-refractivity contribution < 1.29 is 14.7 Å². The van der Waals surface area contributed by atoms with Crippen LogP contribution in [0.3, 0.4) is 0 Å². The monoisotopic (exact) mass is 242 g/mol. The Kier molecular flexibility index (Phi) is 4.93. The van der Waals surface area contributed by atoms with Crippen molar-refractivity contribution in [1.82, 2.24) is 4.90 Å². The van der Waals surface area contributed by atoms with Gasteiger partial charge in [0.15, 0.2) is 0 Å². The average Bonchev–Trinajstić information content (AvgIpc) is 2.97. The molecule has 1 aliphatic carbocycles. The molecule has 0 bridgehead atoms. The van der Waals surface area contributed by atoms with Gasteiger partial charge >= 0.3 is 5.97 Å². The number of rotatable bonds is 7. The zero-order chi connectivity index (χ0) is 13.0. The average molecular weight is 242 g/mol. The van der Waals surface area contributed by atoms with Crippen molar-refractivity contribution >= 4 is 11.9 Å². The molecular formula is C12H22N2O3. The van der Waals surface area contributed by atoms with E-state index in [1.54, 1.807) is 0 Å². The Labute approximate surface area is 102 Å². The molecule has 1 amide bonds. The first kappa shape index (κ1) is 14.0. The van der Waals surface area contributed by atoms with Crippen LogP contribution in [0.25, 0.3) is 0 Å². The molecule has 1 fully saturated rings. The van der Waals surface area contributed by atoms with Gasteiger partial charge in [0.25, 0.3) is 0 Å². The highest BCUT2D eigenvalue weighted by Crippen LogP contribution is 2.29. The smallest absolute Gasteiger partial charge is 0.323 e. The van der Waals surface area contributed by atoms with Gasteiger partial charge in [-0.25, -0.2) is 0 Å². The van der Waals surface area contributed by atoms with Crippen LogP contribution in [-0.2, 0) is 9.59 Å². The van der Waals surface area contributed by atoms with Crippen molar-refractivity contribution in [3.05, 3.63) is 0 Å². The van der Waals surface area contributed by atoms with E-state index in [2.05, 4.69) is 0 Å². The van der Waals surface area contributed by atoms with Crippen LogP contribution in [-0.4, -0.2) is 41.0 Å². The van der Waals surface area contributed by atoms with Crippen molar-refractivity contribution in [3.8, 4) is 0 Å². The molecule has 0 aromatic heterocycles. The van der Waals surface area contributed by atoms with E-state index >= 15 is 0 Å². The van der Waals surface area contributed by atoms with E-state index in [1.165, 1.54) is 4.90 Å². The number of amides is 1. The minimum Gasteiger partial charge on any atom is -0.480 e. The fourth-order valence-electron chi connectivity index (χ4n) is 1.85. The molecule has 3 N–H and O–H groups in total. The van der Waals surface area contributed by atoms with Crippen LogP contribution in [0.5, 0.6) is 0 Å². The van der Waals surface area contributed by atoms with Crippen molar-refractivity contribution in [1.29, 1.82) is 0 Å². The van der Waals surface area contributed by atoms with Gasteiger partial charge in [0.1, 0.15) is 6.54 Å². The van der Waals surface area contributed by atoms with Gasteiger partial charge in [-0.3, -0.25) is 9.59 Å². The van der Waals surface area contributed by atoms with Crippen LogP contribution in [0.4, 0.5) is 0 Å². The molecule has 0 aromatic carbocycles. The van der Waals surface area contributed by atoms with E-state index in [0.29, 0.717) is 24.8 Å². The quantitative estimate of drug-likeness (QED) is 0.687. The van der Waals surface area contributed by atoms with Crippen molar-refractivity contribution in [3.63, 3.8) is 0 Å². The van der Waals surface area contributed by atoms with Gasteiger partial charge in [-0.2, -0.15) is 0 Å². The molecule has 0 radical (unpaired) electrons. The van der Waals surface area contributed by atoms with Gasteiger partial charge in [-0.15, -0.1) is 0 Å². The minimum atomic E-state index is -0.976. The summed E-state index contributed by atoms with van der Waals surface area (Å²) in [6.45, 7) is 4.29. The topological polar surface area (TPSA) is 83.6 Å². The number of carboxylic acids is 1. The maximum absolute atomic E-state index is 12.0. The van der Waals surface area contributed by atoms with Crippen LogP contribution >= 0.6 is 0 Å². The minimum absolute atomic E-state index is 0.229. The summed E-state index contributed by atoms with van der Waals surface area (Å²) >= 11 is 0. The zero-order valence-corrected chi connectivity index (χ0v) is 10.6. The maximum Gasteiger partial charge on any atom is 0.323 e. The summed E-state index contributed by atoms with van der Waals surface area (Å²) < 4.78 is 0. The second-order valence-electron chi connectivity index (χ2n) is 5.29. The predicted octanol–water partition coefficient (Wildman–Crippen LogP) is 0.683. The maximum atomic E-state index is 12.0. The molecule has 1 rings (SSSR count). The van der Waals surface area contributed by atoms with Gasteiger partial charge < -0.3 is 15.7 Å². The summed E-state index contributed by atoms with van der Waals surface area (Å²) in [7, 11) is 0. The van der Waals surface area contributed by atoms with Crippen LogP contribution in [0.2, 0.25) is 0 Å². The Hall–Kier alpha value is -1.10. The van der Waals surface area contributed by atoms with E-state index < -0.39 is 12.0 Å². The SMILES string of the molecule is CC(C)C[C@H](N)C(=O)N(CC(=O)O)CC1CC1. The molecule has 1 atom stereocenters. The molecule has 0 spiro atoms. The molecule has 1 saturated carbocycles. The highest BCUT2D eigenvalue weighted by Gasteiger charge is 2.30. The Morgan fingerprint density at radius 1 is 1.41 bits per heavy atom. The number of carboxylic acid groups (broad SMARTS) is 1. The first-order valence-electron chi connectivity index (χ1n) is 6.16. The van der Waals surface area contributed by atoms with Gasteiger partial charge in [0.05, 0.1) is 6.04 Å². The lowest BCUT2D eigenvalue weighted by atomic mass is 10.0. The lowest BCUT2D eigenvalue weighted by molar-refractivity contribution is -0.145. The number of nitrogens with zero attached hydrogens (tertiary/aromatic N) is 1. The molecule has 98 valence electrons. The van der Waals surface area contributed by atoms with E-state index in [1.807, 2.05) is 13.8 Å². The summed E-state index contributed by atoms with van der Waals surface area (Å²) in [5.41, 5.74) is 5.81. The first-order chi connectivity index (χ1) is 7.90. The fourth-order valence-corrected chi connectivity index (χ4v) is 1.85. The molecule has 17 heavy (non-hydrogen) atoms. The molecule has 0 aromatic rings. The third kappa shape index (κ3) is 5.17. The zero-order valence-electron chi connectivity index (χ0n) is 10.6. The molecule has 0 saturated heterocycles. The standard InChI is InChI=1S/C12H22N2O3/c1-8(2)5-10(13)12(17)14(7-11(15)16)6-9-3-4-9/h8-10H,3-7,13H2,1-2H3,(H,15,16)/t10-/m0/s1. The number of hydrogen-bond donors (Lipinski definition) is 2. The van der Waals surface area contributed by atoms with Crippen molar-refractivity contribution in [2.45, 2.75) is 39.2 Å². The number of carbonyl (C=O) groups excluding carboxylic acids is 1. The van der Waals surface area contributed by atoms with E-state index in [9.17, 15) is 9.59 Å². The summed E-state index contributed by atoms with van der Waals surface area (Å²) in [4.78, 5) is 24.1. The highest BCUT2D eigenvalue weighted by atomic mass is 16.4. The summed E-state index contributed by atoms with van der Waals surface area (Å²) in [5, 5.41) is 8.80. The number of carbonyl (C=O) groups is 2. The third-order valence-corrected chi connectivity index (χ3v) is 2.86. The Balaban J connectivity index is 2.53. The molecule has 5 heteroatoms. The summed E-state index contributed by atoms with van der Waals surface area (Å²) in [5.74, 6) is -0.394. The van der Waals surface area contributed by atoms with E-state index in [4.69, 9.17) is 10.8 Å². The van der Waals surface area contributed by atoms with Crippen LogP contribution in [0.1, 0.15) is 33.1 Å². The first-order valence-corrected chi connectivity index (χ1v) is 6.16. The molecular weight excluding hydrogens is 220 g/mol. The van der Waals surface area contributed by atoms with Crippen molar-refractivity contribution in [2.75, 3.05) is 13.1 Å². The van der Waals surface area contributed by atoms with E-state index in [-0.39, 0.29) is 12.5 Å². The highest BCUT2D eigenvalue weighted by molar-refractivity contribution is 5.85. The molecule has 1 aliphatic rings. The normalized spacial score (nSPS) is 16.9. The second kappa shape index (κ2) is 6.00.